The Bertz CT molecular complexity index is 435. The van der Waals surface area contributed by atoms with E-state index in [2.05, 4.69) is 16.3 Å². The van der Waals surface area contributed by atoms with Crippen LogP contribution in [0.25, 0.3) is 0 Å². The molecule has 0 spiro atoms. The van der Waals surface area contributed by atoms with Crippen LogP contribution < -0.4 is 14.8 Å². The minimum Gasteiger partial charge on any atom is -0.496 e. The molecule has 104 valence electrons. The van der Waals surface area contributed by atoms with Gasteiger partial charge in [0.1, 0.15) is 11.5 Å². The second-order valence-corrected chi connectivity index (χ2v) is 4.61. The molecule has 4 heteroatoms. The van der Waals surface area contributed by atoms with Crippen LogP contribution in [0.15, 0.2) is 30.0 Å². The lowest BCUT2D eigenvalue weighted by Crippen LogP contribution is -2.30. The summed E-state index contributed by atoms with van der Waals surface area (Å²) >= 11 is 0. The maximum absolute atomic E-state index is 5.44. The average molecular weight is 262 g/mol. The number of methoxy groups -OCH3 is 2. The lowest BCUT2D eigenvalue weighted by Gasteiger charge is -2.27. The van der Waals surface area contributed by atoms with Crippen LogP contribution in [0.3, 0.4) is 0 Å². The van der Waals surface area contributed by atoms with E-state index in [0.29, 0.717) is 0 Å². The van der Waals surface area contributed by atoms with Crippen molar-refractivity contribution < 1.29 is 9.47 Å². The van der Waals surface area contributed by atoms with E-state index < -0.39 is 0 Å². The van der Waals surface area contributed by atoms with Gasteiger partial charge in [0.05, 0.1) is 19.8 Å². The summed E-state index contributed by atoms with van der Waals surface area (Å²) in [6.45, 7) is 2.85. The fourth-order valence-electron chi connectivity index (χ4n) is 2.39. The van der Waals surface area contributed by atoms with E-state index in [9.17, 15) is 0 Å². The second-order valence-electron chi connectivity index (χ2n) is 4.61. The van der Waals surface area contributed by atoms with E-state index in [4.69, 9.17) is 9.47 Å². The summed E-state index contributed by atoms with van der Waals surface area (Å²) in [5.41, 5.74) is 2.44. The molecular weight excluding hydrogens is 240 g/mol. The highest BCUT2D eigenvalue weighted by Crippen LogP contribution is 2.30. The Morgan fingerprint density at radius 1 is 1.21 bits per heavy atom. The van der Waals surface area contributed by atoms with Gasteiger partial charge >= 0.3 is 0 Å². The molecule has 2 rings (SSSR count). The Morgan fingerprint density at radius 2 is 1.89 bits per heavy atom. The molecule has 0 aliphatic carbocycles. The van der Waals surface area contributed by atoms with E-state index in [-0.39, 0.29) is 0 Å². The summed E-state index contributed by atoms with van der Waals surface area (Å²) in [7, 11) is 5.38. The molecule has 0 fully saturated rings. The number of hydrogen-bond acceptors (Lipinski definition) is 4. The van der Waals surface area contributed by atoms with Crippen molar-refractivity contribution in [3.63, 3.8) is 0 Å². The number of ether oxygens (including phenoxy) is 2. The highest BCUT2D eigenvalue weighted by atomic mass is 16.5. The predicted octanol–water partition coefficient (Wildman–Crippen LogP) is 2.01. The molecular formula is C15H22N2O2. The Morgan fingerprint density at radius 3 is 2.37 bits per heavy atom. The van der Waals surface area contributed by atoms with Crippen LogP contribution in [0.5, 0.6) is 11.5 Å². The van der Waals surface area contributed by atoms with Gasteiger partial charge < -0.3 is 14.8 Å². The fourth-order valence-corrected chi connectivity index (χ4v) is 2.39. The minimum atomic E-state index is 0.848. The van der Waals surface area contributed by atoms with Crippen LogP contribution in [-0.2, 0) is 6.54 Å². The number of hydrogen-bond donors (Lipinski definition) is 1. The van der Waals surface area contributed by atoms with Crippen molar-refractivity contribution >= 4 is 0 Å². The van der Waals surface area contributed by atoms with Crippen LogP contribution in [-0.4, -0.2) is 39.3 Å². The van der Waals surface area contributed by atoms with Gasteiger partial charge in [0.2, 0.25) is 0 Å². The normalized spacial score (nSPS) is 15.8. The van der Waals surface area contributed by atoms with Gasteiger partial charge in [0, 0.05) is 32.4 Å². The van der Waals surface area contributed by atoms with Crippen molar-refractivity contribution in [2.24, 2.45) is 0 Å². The van der Waals surface area contributed by atoms with Crippen molar-refractivity contribution in [1.82, 2.24) is 10.2 Å². The number of benzene rings is 1. The van der Waals surface area contributed by atoms with Gasteiger partial charge in [-0.25, -0.2) is 0 Å². The van der Waals surface area contributed by atoms with Crippen molar-refractivity contribution in [2.45, 2.75) is 13.0 Å². The lowest BCUT2D eigenvalue weighted by atomic mass is 10.1. The fraction of sp³-hybridized carbons (Fsp3) is 0.467. The molecule has 0 amide bonds. The molecule has 19 heavy (non-hydrogen) atoms. The third-order valence-corrected chi connectivity index (χ3v) is 3.53. The second kappa shape index (κ2) is 6.48. The molecule has 1 N–H and O–H groups in total. The molecule has 0 unspecified atom stereocenters. The largest absolute Gasteiger partial charge is 0.496 e. The van der Waals surface area contributed by atoms with Gasteiger partial charge in [-0.05, 0) is 18.6 Å². The average Bonchev–Trinajstić information content (AvgIpc) is 2.48. The van der Waals surface area contributed by atoms with Crippen molar-refractivity contribution in [3.8, 4) is 11.5 Å². The Kier molecular flexibility index (Phi) is 4.68. The summed E-state index contributed by atoms with van der Waals surface area (Å²) in [4.78, 5) is 2.39. The first-order valence-corrected chi connectivity index (χ1v) is 6.57. The summed E-state index contributed by atoms with van der Waals surface area (Å²) < 4.78 is 10.9. The van der Waals surface area contributed by atoms with Crippen LogP contribution in [0, 0.1) is 0 Å². The van der Waals surface area contributed by atoms with Gasteiger partial charge in [0.25, 0.3) is 0 Å². The van der Waals surface area contributed by atoms with E-state index >= 15 is 0 Å². The molecule has 4 nitrogen and oxygen atoms in total. The zero-order valence-electron chi connectivity index (χ0n) is 11.9. The van der Waals surface area contributed by atoms with E-state index in [1.165, 1.54) is 5.70 Å². The predicted molar refractivity (Wildman–Crippen MR) is 76.6 cm³/mol. The maximum Gasteiger partial charge on any atom is 0.127 e. The summed E-state index contributed by atoms with van der Waals surface area (Å²) in [6, 6.07) is 5.92. The molecule has 0 radical (unpaired) electrons. The first-order chi connectivity index (χ1) is 9.28. The molecule has 0 saturated carbocycles. The smallest absolute Gasteiger partial charge is 0.127 e. The van der Waals surface area contributed by atoms with Gasteiger partial charge in [-0.2, -0.15) is 0 Å². The van der Waals surface area contributed by atoms with Crippen molar-refractivity contribution in [1.29, 1.82) is 0 Å². The maximum atomic E-state index is 5.44. The van der Waals surface area contributed by atoms with E-state index in [1.54, 1.807) is 14.2 Å². The third kappa shape index (κ3) is 3.20. The molecule has 0 bridgehead atoms. The van der Waals surface area contributed by atoms with Crippen molar-refractivity contribution in [2.75, 3.05) is 34.4 Å². The van der Waals surface area contributed by atoms with Crippen molar-refractivity contribution in [3.05, 3.63) is 35.5 Å². The Hall–Kier alpha value is -1.68. The molecule has 0 saturated heterocycles. The number of nitrogens with one attached hydrogen (secondary N) is 1. The molecule has 1 aliphatic heterocycles. The molecule has 1 aromatic carbocycles. The summed E-state index contributed by atoms with van der Waals surface area (Å²) in [5, 5.41) is 3.22. The van der Waals surface area contributed by atoms with Crippen LogP contribution in [0.1, 0.15) is 12.0 Å². The number of nitrogens with zero attached hydrogens (tertiary/aromatic N) is 1. The zero-order valence-corrected chi connectivity index (χ0v) is 11.9. The molecule has 1 aromatic rings. The number of rotatable bonds is 5. The first-order valence-electron chi connectivity index (χ1n) is 6.57. The topological polar surface area (TPSA) is 33.7 Å². The highest BCUT2D eigenvalue weighted by molar-refractivity contribution is 5.44. The van der Waals surface area contributed by atoms with Gasteiger partial charge in [-0.15, -0.1) is 0 Å². The highest BCUT2D eigenvalue weighted by Gasteiger charge is 2.16. The summed E-state index contributed by atoms with van der Waals surface area (Å²) in [6.07, 6.45) is 3.30. The standard InChI is InChI=1S/C15H22N2O2/c1-16-12-7-9-17(10-8-12)11-13-14(18-2)5-4-6-15(13)19-3/h4-7,16H,8-11H2,1-3H3. The minimum absolute atomic E-state index is 0.848. The van der Waals surface area contributed by atoms with Crippen LogP contribution >= 0.6 is 0 Å². The quantitative estimate of drug-likeness (QED) is 0.880. The van der Waals surface area contributed by atoms with Gasteiger partial charge in [-0.3, -0.25) is 4.90 Å². The summed E-state index contributed by atoms with van der Waals surface area (Å²) in [5.74, 6) is 1.78. The van der Waals surface area contributed by atoms with Gasteiger partial charge in [-0.1, -0.05) is 12.1 Å². The molecule has 0 atom stereocenters. The van der Waals surface area contributed by atoms with Crippen LogP contribution in [0.2, 0.25) is 0 Å². The Balaban J connectivity index is 2.13. The van der Waals surface area contributed by atoms with Gasteiger partial charge in [0.15, 0.2) is 0 Å². The Labute approximate surface area is 115 Å². The lowest BCUT2D eigenvalue weighted by molar-refractivity contribution is 0.271. The molecule has 1 aliphatic rings. The SMILES string of the molecule is CNC1=CCN(Cc2c(OC)cccc2OC)CC1. The first kappa shape index (κ1) is 13.7. The van der Waals surface area contributed by atoms with Crippen LogP contribution in [0.4, 0.5) is 0 Å². The third-order valence-electron chi connectivity index (χ3n) is 3.53. The molecule has 1 heterocycles. The monoisotopic (exact) mass is 262 g/mol. The van der Waals surface area contributed by atoms with E-state index in [1.807, 2.05) is 25.2 Å². The van der Waals surface area contributed by atoms with E-state index in [0.717, 1.165) is 43.1 Å². The molecule has 0 aromatic heterocycles. The zero-order chi connectivity index (χ0) is 13.7.